The van der Waals surface area contributed by atoms with Crippen LogP contribution in [0.4, 0.5) is 0 Å². The van der Waals surface area contributed by atoms with Crippen LogP contribution < -0.4 is 10.1 Å². The first-order valence-corrected chi connectivity index (χ1v) is 9.59. The monoisotopic (exact) mass is 349 g/mol. The molecule has 0 amide bonds. The van der Waals surface area contributed by atoms with E-state index in [1.54, 1.807) is 7.11 Å². The predicted octanol–water partition coefficient (Wildman–Crippen LogP) is 4.62. The number of para-hydroxylation sites is 2. The number of aromatic nitrogens is 2. The molecule has 136 valence electrons. The van der Waals surface area contributed by atoms with Gasteiger partial charge in [-0.05, 0) is 49.6 Å². The standard InChI is InChI=1S/C22H27N3O/c1-3-25-20-9-5-4-8-19(20)24-21(25)16-23-22(14-6-7-15-22)17-10-12-18(26-2)13-11-17/h4-5,8-13,23H,3,6-7,14-16H2,1-2H3. The van der Waals surface area contributed by atoms with Gasteiger partial charge >= 0.3 is 0 Å². The minimum Gasteiger partial charge on any atom is -0.497 e. The molecule has 4 nitrogen and oxygen atoms in total. The van der Waals surface area contributed by atoms with E-state index in [4.69, 9.17) is 9.72 Å². The van der Waals surface area contributed by atoms with Crippen LogP contribution in [-0.2, 0) is 18.6 Å². The maximum Gasteiger partial charge on any atom is 0.123 e. The normalized spacial score (nSPS) is 16.2. The number of rotatable bonds is 6. The molecule has 0 atom stereocenters. The van der Waals surface area contributed by atoms with Gasteiger partial charge < -0.3 is 14.6 Å². The third-order valence-corrected chi connectivity index (χ3v) is 5.73. The summed E-state index contributed by atoms with van der Waals surface area (Å²) in [4.78, 5) is 4.88. The van der Waals surface area contributed by atoms with Crippen molar-refractivity contribution in [1.82, 2.24) is 14.9 Å². The van der Waals surface area contributed by atoms with Crippen molar-refractivity contribution < 1.29 is 4.74 Å². The summed E-state index contributed by atoms with van der Waals surface area (Å²) in [6.45, 7) is 3.91. The summed E-state index contributed by atoms with van der Waals surface area (Å²) >= 11 is 0. The van der Waals surface area contributed by atoms with Crippen molar-refractivity contribution in [3.05, 3.63) is 59.9 Å². The van der Waals surface area contributed by atoms with Crippen LogP contribution in [-0.4, -0.2) is 16.7 Å². The molecule has 1 fully saturated rings. The van der Waals surface area contributed by atoms with E-state index in [-0.39, 0.29) is 5.54 Å². The van der Waals surface area contributed by atoms with Crippen LogP contribution in [0.5, 0.6) is 5.75 Å². The van der Waals surface area contributed by atoms with E-state index in [9.17, 15) is 0 Å². The largest absolute Gasteiger partial charge is 0.497 e. The van der Waals surface area contributed by atoms with Crippen molar-refractivity contribution in [3.8, 4) is 5.75 Å². The Morgan fingerprint density at radius 1 is 1.08 bits per heavy atom. The third kappa shape index (κ3) is 2.99. The quantitative estimate of drug-likeness (QED) is 0.705. The Morgan fingerprint density at radius 2 is 1.81 bits per heavy atom. The van der Waals surface area contributed by atoms with Crippen molar-refractivity contribution in [2.24, 2.45) is 0 Å². The highest BCUT2D eigenvalue weighted by Crippen LogP contribution is 2.39. The van der Waals surface area contributed by atoms with Gasteiger partial charge in [-0.3, -0.25) is 0 Å². The molecule has 1 heterocycles. The summed E-state index contributed by atoms with van der Waals surface area (Å²) in [7, 11) is 1.72. The second-order valence-electron chi connectivity index (χ2n) is 7.13. The summed E-state index contributed by atoms with van der Waals surface area (Å²) in [5, 5.41) is 3.88. The van der Waals surface area contributed by atoms with Gasteiger partial charge in [0.15, 0.2) is 0 Å². The van der Waals surface area contributed by atoms with E-state index >= 15 is 0 Å². The number of imidazole rings is 1. The first-order chi connectivity index (χ1) is 12.8. The maximum absolute atomic E-state index is 5.32. The Kier molecular flexibility index (Phi) is 4.68. The van der Waals surface area contributed by atoms with Crippen LogP contribution in [0, 0.1) is 0 Å². The van der Waals surface area contributed by atoms with E-state index < -0.39 is 0 Å². The predicted molar refractivity (Wildman–Crippen MR) is 105 cm³/mol. The smallest absolute Gasteiger partial charge is 0.123 e. The molecule has 0 unspecified atom stereocenters. The van der Waals surface area contributed by atoms with Crippen LogP contribution >= 0.6 is 0 Å². The summed E-state index contributed by atoms with van der Waals surface area (Å²) in [6.07, 6.45) is 4.88. The van der Waals surface area contributed by atoms with E-state index in [0.717, 1.165) is 30.2 Å². The first-order valence-electron chi connectivity index (χ1n) is 9.59. The summed E-state index contributed by atoms with van der Waals surface area (Å²) in [5.41, 5.74) is 3.70. The number of nitrogens with zero attached hydrogens (tertiary/aromatic N) is 2. The number of fused-ring (bicyclic) bond motifs is 1. The lowest BCUT2D eigenvalue weighted by atomic mass is 9.88. The Hall–Kier alpha value is -2.33. The van der Waals surface area contributed by atoms with Crippen molar-refractivity contribution >= 4 is 11.0 Å². The second kappa shape index (κ2) is 7.12. The molecule has 3 aromatic rings. The van der Waals surface area contributed by atoms with Gasteiger partial charge in [0.1, 0.15) is 11.6 Å². The fourth-order valence-electron chi connectivity index (χ4n) is 4.32. The van der Waals surface area contributed by atoms with Gasteiger partial charge in [-0.15, -0.1) is 0 Å². The molecule has 0 radical (unpaired) electrons. The van der Waals surface area contributed by atoms with Crippen molar-refractivity contribution in [3.63, 3.8) is 0 Å². The van der Waals surface area contributed by atoms with Gasteiger partial charge in [0.2, 0.25) is 0 Å². The molecule has 0 aliphatic heterocycles. The zero-order valence-corrected chi connectivity index (χ0v) is 15.7. The Morgan fingerprint density at radius 3 is 2.50 bits per heavy atom. The van der Waals surface area contributed by atoms with Crippen molar-refractivity contribution in [2.45, 2.75) is 51.2 Å². The molecule has 4 heteroatoms. The number of benzene rings is 2. The van der Waals surface area contributed by atoms with Gasteiger partial charge in [-0.1, -0.05) is 37.1 Å². The summed E-state index contributed by atoms with van der Waals surface area (Å²) < 4.78 is 7.64. The van der Waals surface area contributed by atoms with Gasteiger partial charge in [0, 0.05) is 12.1 Å². The number of hydrogen-bond donors (Lipinski definition) is 1. The van der Waals surface area contributed by atoms with Gasteiger partial charge in [-0.2, -0.15) is 0 Å². The third-order valence-electron chi connectivity index (χ3n) is 5.73. The first kappa shape index (κ1) is 17.1. The van der Waals surface area contributed by atoms with Gasteiger partial charge in [0.25, 0.3) is 0 Å². The Labute approximate surface area is 155 Å². The maximum atomic E-state index is 5.32. The molecule has 1 aliphatic carbocycles. The van der Waals surface area contributed by atoms with Gasteiger partial charge in [0.05, 0.1) is 24.7 Å². The van der Waals surface area contributed by atoms with Gasteiger partial charge in [-0.25, -0.2) is 4.98 Å². The van der Waals surface area contributed by atoms with E-state index in [2.05, 4.69) is 65.3 Å². The minimum absolute atomic E-state index is 0.0446. The Balaban J connectivity index is 1.61. The lowest BCUT2D eigenvalue weighted by Gasteiger charge is -2.31. The second-order valence-corrected chi connectivity index (χ2v) is 7.13. The average Bonchev–Trinajstić information content (AvgIpc) is 3.31. The highest BCUT2D eigenvalue weighted by molar-refractivity contribution is 5.75. The molecule has 1 saturated carbocycles. The highest BCUT2D eigenvalue weighted by atomic mass is 16.5. The molecule has 2 aromatic carbocycles. The van der Waals surface area contributed by atoms with E-state index in [0.29, 0.717) is 0 Å². The molecule has 1 N–H and O–H groups in total. The fraction of sp³-hybridized carbons (Fsp3) is 0.409. The zero-order valence-electron chi connectivity index (χ0n) is 15.7. The molecular weight excluding hydrogens is 322 g/mol. The zero-order chi connectivity index (χ0) is 18.0. The molecule has 0 saturated heterocycles. The van der Waals surface area contributed by atoms with Crippen molar-refractivity contribution in [1.29, 1.82) is 0 Å². The molecule has 0 bridgehead atoms. The number of nitrogens with one attached hydrogen (secondary N) is 1. The van der Waals surface area contributed by atoms with E-state index in [1.807, 2.05) is 0 Å². The highest BCUT2D eigenvalue weighted by Gasteiger charge is 2.35. The van der Waals surface area contributed by atoms with Crippen LogP contribution in [0.3, 0.4) is 0 Å². The lowest BCUT2D eigenvalue weighted by molar-refractivity contribution is 0.331. The molecular formula is C22H27N3O. The SMILES string of the molecule is CCn1c(CNC2(c3ccc(OC)cc3)CCCC2)nc2ccccc21. The molecule has 1 aromatic heterocycles. The molecule has 4 rings (SSSR count). The number of methoxy groups -OCH3 is 1. The van der Waals surface area contributed by atoms with Crippen molar-refractivity contribution in [2.75, 3.05) is 7.11 Å². The number of ether oxygens (including phenoxy) is 1. The summed E-state index contributed by atoms with van der Waals surface area (Å²) in [6, 6.07) is 17.0. The minimum atomic E-state index is 0.0446. The molecule has 1 aliphatic rings. The van der Waals surface area contributed by atoms with E-state index in [1.165, 1.54) is 36.8 Å². The Bertz CT molecular complexity index is 876. The number of hydrogen-bond acceptors (Lipinski definition) is 3. The number of aryl methyl sites for hydroxylation is 1. The topological polar surface area (TPSA) is 39.1 Å². The lowest BCUT2D eigenvalue weighted by Crippen LogP contribution is -2.40. The fourth-order valence-corrected chi connectivity index (χ4v) is 4.32. The summed E-state index contributed by atoms with van der Waals surface area (Å²) in [5.74, 6) is 2.03. The van der Waals surface area contributed by atoms with Crippen LogP contribution in [0.15, 0.2) is 48.5 Å². The van der Waals surface area contributed by atoms with Crippen LogP contribution in [0.2, 0.25) is 0 Å². The van der Waals surface area contributed by atoms with Crippen LogP contribution in [0.1, 0.15) is 44.0 Å². The van der Waals surface area contributed by atoms with Crippen LogP contribution in [0.25, 0.3) is 11.0 Å². The molecule has 0 spiro atoms. The average molecular weight is 349 g/mol. The molecule has 26 heavy (non-hydrogen) atoms.